The summed E-state index contributed by atoms with van der Waals surface area (Å²) in [4.78, 5) is 4.38. The van der Waals surface area contributed by atoms with Gasteiger partial charge in [-0.2, -0.15) is 13.2 Å². The lowest BCUT2D eigenvalue weighted by Crippen LogP contribution is -2.05. The Kier molecular flexibility index (Phi) is 5.46. The minimum atomic E-state index is -4.39. The number of hydroxylamine groups is 1. The highest BCUT2D eigenvalue weighted by Gasteiger charge is 2.30. The van der Waals surface area contributed by atoms with Gasteiger partial charge in [0.25, 0.3) is 0 Å². The monoisotopic (exact) mass is 499 g/mol. The third kappa shape index (κ3) is 4.81. The van der Waals surface area contributed by atoms with Gasteiger partial charge in [0.1, 0.15) is 0 Å². The van der Waals surface area contributed by atoms with Crippen molar-refractivity contribution >= 4 is 64.3 Å². The van der Waals surface area contributed by atoms with E-state index >= 15 is 0 Å². The van der Waals surface area contributed by atoms with Crippen molar-refractivity contribution in [2.45, 2.75) is 6.18 Å². The molecule has 0 saturated heterocycles. The topological polar surface area (TPSA) is 48.4 Å². The van der Waals surface area contributed by atoms with Crippen LogP contribution in [0.1, 0.15) is 11.3 Å². The number of anilines is 2. The highest BCUT2D eigenvalue weighted by molar-refractivity contribution is 14.2. The molecule has 2 aromatic rings. The number of nitrogens with one attached hydrogen (secondary N) is 1. The van der Waals surface area contributed by atoms with E-state index in [9.17, 15) is 18.4 Å². The van der Waals surface area contributed by atoms with E-state index in [1.54, 1.807) is 17.5 Å². The number of aromatic nitrogens is 1. The van der Waals surface area contributed by atoms with E-state index in [4.69, 9.17) is 11.6 Å². The predicted molar refractivity (Wildman–Crippen MR) is 102 cm³/mol. The van der Waals surface area contributed by atoms with Crippen molar-refractivity contribution in [1.82, 2.24) is 8.26 Å². The molecule has 1 aromatic carbocycles. The second-order valence-electron chi connectivity index (χ2n) is 4.85. The smallest absolute Gasteiger partial charge is 0.332 e. The fourth-order valence-corrected chi connectivity index (χ4v) is 4.60. The summed E-state index contributed by atoms with van der Waals surface area (Å²) in [6, 6.07) is 4.93. The van der Waals surface area contributed by atoms with E-state index in [2.05, 4.69) is 10.3 Å². The molecule has 2 heterocycles. The van der Waals surface area contributed by atoms with Crippen molar-refractivity contribution in [3.8, 4) is 0 Å². The molecule has 0 amide bonds. The van der Waals surface area contributed by atoms with E-state index in [0.717, 1.165) is 21.0 Å². The molecule has 10 heteroatoms. The number of thiazole rings is 1. The van der Waals surface area contributed by atoms with E-state index in [1.807, 2.05) is 4.01 Å². The molecule has 1 aliphatic heterocycles. The van der Waals surface area contributed by atoms with Crippen molar-refractivity contribution in [2.24, 2.45) is 0 Å². The summed E-state index contributed by atoms with van der Waals surface area (Å²) in [6.07, 6.45) is -1.29. The highest BCUT2D eigenvalue weighted by atomic mass is 127. The number of halogens is 5. The van der Waals surface area contributed by atoms with Crippen LogP contribution in [0.15, 0.2) is 47.0 Å². The van der Waals surface area contributed by atoms with Crippen molar-refractivity contribution < 1.29 is 18.4 Å². The van der Waals surface area contributed by atoms with E-state index < -0.39 is 32.7 Å². The molecular weight excluding hydrogens is 490 g/mol. The fourth-order valence-electron chi connectivity index (χ4n) is 1.94. The maximum atomic E-state index is 12.8. The second-order valence-corrected chi connectivity index (χ2v) is 8.31. The first-order valence-corrected chi connectivity index (χ1v) is 10.2. The lowest BCUT2D eigenvalue weighted by atomic mass is 10.2. The zero-order valence-electron chi connectivity index (χ0n) is 12.3. The van der Waals surface area contributed by atoms with Crippen LogP contribution in [0, 0.1) is 0 Å². The summed E-state index contributed by atoms with van der Waals surface area (Å²) < 4.78 is 41.2. The Bertz CT molecular complexity index is 879. The molecule has 3 rings (SSSR count). The Labute approximate surface area is 160 Å². The van der Waals surface area contributed by atoms with Crippen LogP contribution in [0.5, 0.6) is 0 Å². The molecule has 132 valence electrons. The normalized spacial score (nSPS) is 15.2. The van der Waals surface area contributed by atoms with Crippen molar-refractivity contribution in [2.75, 3.05) is 5.32 Å². The third-order valence-corrected chi connectivity index (χ3v) is 5.79. The van der Waals surface area contributed by atoms with E-state index in [0.29, 0.717) is 21.5 Å². The molecule has 0 unspecified atom stereocenters. The van der Waals surface area contributed by atoms with Crippen molar-refractivity contribution in [1.29, 1.82) is 0 Å². The molecule has 0 radical (unpaired) electrons. The zero-order chi connectivity index (χ0) is 18.0. The molecule has 0 aliphatic carbocycles. The molecule has 0 bridgehead atoms. The number of allylic oxidation sites excluding steroid dienone is 3. The molecule has 25 heavy (non-hydrogen) atoms. The summed E-state index contributed by atoms with van der Waals surface area (Å²) in [6.45, 7) is 0. The van der Waals surface area contributed by atoms with Gasteiger partial charge in [-0.1, -0.05) is 17.7 Å². The maximum absolute atomic E-state index is 12.8. The van der Waals surface area contributed by atoms with Crippen LogP contribution in [0.3, 0.4) is 0 Å². The Balaban J connectivity index is 1.81. The molecule has 0 spiro atoms. The van der Waals surface area contributed by atoms with E-state index in [1.165, 1.54) is 23.6 Å². The summed E-state index contributed by atoms with van der Waals surface area (Å²) >= 11 is 6.49. The van der Waals surface area contributed by atoms with Crippen LogP contribution < -0.4 is 5.32 Å². The maximum Gasteiger partial charge on any atom is 0.416 e. The molecule has 0 saturated carbocycles. The van der Waals surface area contributed by atoms with Crippen molar-refractivity contribution in [3.63, 3.8) is 0 Å². The van der Waals surface area contributed by atoms with Gasteiger partial charge in [0.15, 0.2) is 5.13 Å². The van der Waals surface area contributed by atoms with E-state index in [-0.39, 0.29) is 0 Å². The van der Waals surface area contributed by atoms with Gasteiger partial charge < -0.3 is 5.32 Å². The van der Waals surface area contributed by atoms with Gasteiger partial charge in [0.2, 0.25) is 0 Å². The van der Waals surface area contributed by atoms with Crippen molar-refractivity contribution in [3.05, 3.63) is 58.2 Å². The SMILES string of the molecule is ON1C=C(Cl)C=C(c2csc(Nc3cccc(C(F)(F)F)c3)n2)C=I1. The van der Waals surface area contributed by atoms with Crippen LogP contribution >= 0.6 is 43.9 Å². The molecule has 1 aliphatic rings. The van der Waals surface area contributed by atoms with Crippen LogP contribution in [0.2, 0.25) is 0 Å². The van der Waals surface area contributed by atoms with Crippen LogP contribution in [-0.2, 0) is 6.18 Å². The third-order valence-electron chi connectivity index (χ3n) is 3.03. The molecule has 4 nitrogen and oxygen atoms in total. The standard InChI is InChI=1S/C15H10ClF3IN3OS/c16-11-4-9(6-20-23(24)7-11)13-8-25-14(22-13)21-12-3-1-2-10(5-12)15(17,18)19/h1-8,24H,(H,21,22). The lowest BCUT2D eigenvalue weighted by molar-refractivity contribution is -0.137. The average molecular weight is 500 g/mol. The Morgan fingerprint density at radius 3 is 2.88 bits per heavy atom. The number of nitrogens with zero attached hydrogens (tertiary/aromatic N) is 2. The Morgan fingerprint density at radius 1 is 1.32 bits per heavy atom. The first-order valence-electron chi connectivity index (χ1n) is 6.75. The number of hydrogen-bond acceptors (Lipinski definition) is 5. The quantitative estimate of drug-likeness (QED) is 0.416. The summed E-state index contributed by atoms with van der Waals surface area (Å²) in [5.41, 5.74) is 0.986. The van der Waals surface area contributed by atoms with Gasteiger partial charge >= 0.3 is 6.18 Å². The van der Waals surface area contributed by atoms with Crippen LogP contribution in [0.25, 0.3) is 5.57 Å². The number of hydrogen-bond donors (Lipinski definition) is 2. The summed E-state index contributed by atoms with van der Waals surface area (Å²) in [5.74, 6) is 0. The largest absolute Gasteiger partial charge is 0.416 e. The number of benzene rings is 1. The minimum absolute atomic E-state index is 0.307. The lowest BCUT2D eigenvalue weighted by Gasteiger charge is -2.08. The number of alkyl halides is 3. The molecule has 0 atom stereocenters. The minimum Gasteiger partial charge on any atom is -0.332 e. The van der Waals surface area contributed by atoms with Gasteiger partial charge in [-0.15, -0.1) is 11.3 Å². The molecule has 1 aromatic heterocycles. The van der Waals surface area contributed by atoms with Crippen LogP contribution in [0.4, 0.5) is 24.0 Å². The van der Waals surface area contributed by atoms with Gasteiger partial charge in [-0.25, -0.2) is 8.26 Å². The molecular formula is C15H10ClF3IN3OS. The van der Waals surface area contributed by atoms with Gasteiger partial charge in [-0.3, -0.25) is 5.21 Å². The van der Waals surface area contributed by atoms with Crippen LogP contribution in [-0.4, -0.2) is 17.5 Å². The Morgan fingerprint density at radius 2 is 2.12 bits per heavy atom. The summed E-state index contributed by atoms with van der Waals surface area (Å²) in [5, 5.41) is 15.0. The van der Waals surface area contributed by atoms with Gasteiger partial charge in [0.05, 0.1) is 22.5 Å². The highest BCUT2D eigenvalue weighted by Crippen LogP contribution is 2.32. The molecule has 0 fully saturated rings. The molecule has 2 N–H and O–H groups in total. The fraction of sp³-hybridized carbons (Fsp3) is 0.0667. The van der Waals surface area contributed by atoms with Gasteiger partial charge in [-0.05, 0) is 28.3 Å². The second kappa shape index (κ2) is 7.44. The first-order chi connectivity index (χ1) is 11.8. The predicted octanol–water partition coefficient (Wildman–Crippen LogP) is 5.76. The zero-order valence-corrected chi connectivity index (χ0v) is 16.0. The average Bonchev–Trinajstić information content (AvgIpc) is 2.91. The first kappa shape index (κ1) is 18.4. The summed E-state index contributed by atoms with van der Waals surface area (Å²) in [7, 11) is 0. The van der Waals surface area contributed by atoms with Gasteiger partial charge in [0, 0.05) is 37.6 Å². The number of rotatable bonds is 3. The Hall–Kier alpha value is -1.43.